The van der Waals surface area contributed by atoms with Crippen LogP contribution in [0.4, 0.5) is 9.52 Å². The Bertz CT molecular complexity index is 1280. The van der Waals surface area contributed by atoms with Gasteiger partial charge in [0.15, 0.2) is 16.1 Å². The van der Waals surface area contributed by atoms with Crippen molar-refractivity contribution < 1.29 is 13.9 Å². The number of hydrogen-bond donors (Lipinski definition) is 1. The molecule has 0 radical (unpaired) electrons. The van der Waals surface area contributed by atoms with Gasteiger partial charge in [-0.1, -0.05) is 53.2 Å². The van der Waals surface area contributed by atoms with Crippen molar-refractivity contribution in [2.75, 3.05) is 11.1 Å². The Morgan fingerprint density at radius 3 is 2.79 bits per heavy atom. The number of halogens is 2. The summed E-state index contributed by atoms with van der Waals surface area (Å²) in [7, 11) is 1.78. The molecule has 1 amide bonds. The minimum absolute atomic E-state index is 0.0149. The van der Waals surface area contributed by atoms with Crippen LogP contribution in [0.5, 0.6) is 5.75 Å². The minimum Gasteiger partial charge on any atom is -0.486 e. The van der Waals surface area contributed by atoms with Gasteiger partial charge in [0.05, 0.1) is 16.5 Å². The lowest BCUT2D eigenvalue weighted by Gasteiger charge is -2.07. The average Bonchev–Trinajstić information content (AvgIpc) is 3.40. The maximum absolute atomic E-state index is 13.3. The smallest absolute Gasteiger partial charge is 0.236 e. The fraction of sp³-hybridized carbons (Fsp3) is 0.182. The van der Waals surface area contributed by atoms with Crippen LogP contribution in [0.3, 0.4) is 0 Å². The molecule has 11 heteroatoms. The standard InChI is InChI=1S/C22H19ClFN5O2S2/c1-13-3-5-14(6-4-13)18-11-32-21(25-18)26-20(30)12-33-22-28-27-19(29(22)2)10-31-15-7-8-17(24)16(23)9-15/h3-9,11H,10,12H2,1-2H3,(H,25,26,30). The number of aryl methyl sites for hydroxylation is 1. The van der Waals surface area contributed by atoms with Gasteiger partial charge < -0.3 is 14.6 Å². The van der Waals surface area contributed by atoms with Gasteiger partial charge in [-0.05, 0) is 19.1 Å². The maximum atomic E-state index is 13.3. The number of benzene rings is 2. The van der Waals surface area contributed by atoms with E-state index in [1.807, 2.05) is 36.6 Å². The van der Waals surface area contributed by atoms with Crippen LogP contribution in [0, 0.1) is 12.7 Å². The summed E-state index contributed by atoms with van der Waals surface area (Å²) in [6.07, 6.45) is 0. The quantitative estimate of drug-likeness (QED) is 0.326. The second kappa shape index (κ2) is 10.3. The second-order valence-electron chi connectivity index (χ2n) is 7.06. The first-order valence-corrected chi connectivity index (χ1v) is 12.0. The number of aromatic nitrogens is 4. The molecule has 2 heterocycles. The van der Waals surface area contributed by atoms with Crippen LogP contribution >= 0.6 is 34.7 Å². The highest BCUT2D eigenvalue weighted by molar-refractivity contribution is 7.99. The second-order valence-corrected chi connectivity index (χ2v) is 9.27. The molecule has 0 aliphatic heterocycles. The highest BCUT2D eigenvalue weighted by Crippen LogP contribution is 2.26. The number of rotatable bonds is 8. The van der Waals surface area contributed by atoms with Gasteiger partial charge >= 0.3 is 0 Å². The Kier molecular flexibility index (Phi) is 7.26. The first-order chi connectivity index (χ1) is 15.9. The number of nitrogens with zero attached hydrogens (tertiary/aromatic N) is 4. The first kappa shape index (κ1) is 23.2. The van der Waals surface area contributed by atoms with E-state index in [0.29, 0.717) is 21.9 Å². The molecular formula is C22H19ClFN5O2S2. The molecule has 0 spiro atoms. The maximum Gasteiger partial charge on any atom is 0.236 e. The fourth-order valence-electron chi connectivity index (χ4n) is 2.78. The third-order valence-electron chi connectivity index (χ3n) is 4.61. The monoisotopic (exact) mass is 503 g/mol. The molecule has 2 aromatic heterocycles. The molecule has 0 atom stereocenters. The number of ether oxygens (including phenoxy) is 1. The number of amides is 1. The van der Waals surface area contributed by atoms with Gasteiger partial charge in [-0.25, -0.2) is 9.37 Å². The highest BCUT2D eigenvalue weighted by atomic mass is 35.5. The summed E-state index contributed by atoms with van der Waals surface area (Å²) < 4.78 is 20.6. The van der Waals surface area contributed by atoms with Gasteiger partial charge in [0, 0.05) is 24.1 Å². The van der Waals surface area contributed by atoms with E-state index in [1.54, 1.807) is 11.6 Å². The molecule has 0 unspecified atom stereocenters. The van der Waals surface area contributed by atoms with E-state index >= 15 is 0 Å². The van der Waals surface area contributed by atoms with Gasteiger partial charge in [0.1, 0.15) is 18.2 Å². The Balaban J connectivity index is 1.29. The largest absolute Gasteiger partial charge is 0.486 e. The zero-order chi connectivity index (χ0) is 23.4. The van der Waals surface area contributed by atoms with E-state index < -0.39 is 5.82 Å². The van der Waals surface area contributed by atoms with E-state index in [2.05, 4.69) is 20.5 Å². The molecule has 170 valence electrons. The van der Waals surface area contributed by atoms with Crippen LogP contribution in [-0.2, 0) is 18.4 Å². The molecule has 0 saturated carbocycles. The summed E-state index contributed by atoms with van der Waals surface area (Å²) >= 11 is 8.40. The molecule has 2 aromatic carbocycles. The van der Waals surface area contributed by atoms with Crippen LogP contribution in [0.1, 0.15) is 11.4 Å². The molecule has 0 aliphatic rings. The van der Waals surface area contributed by atoms with Gasteiger partial charge in [0.2, 0.25) is 5.91 Å². The number of carbonyl (C=O) groups is 1. The Hall–Kier alpha value is -2.95. The number of hydrogen-bond acceptors (Lipinski definition) is 7. The SMILES string of the molecule is Cc1ccc(-c2csc(NC(=O)CSc3nnc(COc4ccc(F)c(Cl)c4)n3C)n2)cc1. The predicted molar refractivity (Wildman–Crippen MR) is 128 cm³/mol. The summed E-state index contributed by atoms with van der Waals surface area (Å²) in [4.78, 5) is 16.9. The summed E-state index contributed by atoms with van der Waals surface area (Å²) in [6.45, 7) is 2.15. The molecule has 33 heavy (non-hydrogen) atoms. The number of nitrogens with one attached hydrogen (secondary N) is 1. The van der Waals surface area contributed by atoms with E-state index in [1.165, 1.54) is 46.9 Å². The number of thiazole rings is 1. The normalized spacial score (nSPS) is 10.9. The van der Waals surface area contributed by atoms with Crippen molar-refractivity contribution in [1.29, 1.82) is 0 Å². The number of anilines is 1. The number of carbonyl (C=O) groups excluding carboxylic acids is 1. The van der Waals surface area contributed by atoms with Gasteiger partial charge in [0.25, 0.3) is 0 Å². The molecule has 4 aromatic rings. The van der Waals surface area contributed by atoms with E-state index in [9.17, 15) is 9.18 Å². The third kappa shape index (κ3) is 5.89. The van der Waals surface area contributed by atoms with Crippen molar-refractivity contribution in [2.24, 2.45) is 7.05 Å². The molecule has 0 aliphatic carbocycles. The molecule has 0 bridgehead atoms. The summed E-state index contributed by atoms with van der Waals surface area (Å²) in [5.41, 5.74) is 3.00. The zero-order valence-corrected chi connectivity index (χ0v) is 20.1. The fourth-order valence-corrected chi connectivity index (χ4v) is 4.42. The third-order valence-corrected chi connectivity index (χ3v) is 6.68. The van der Waals surface area contributed by atoms with E-state index in [-0.39, 0.29) is 23.3 Å². The van der Waals surface area contributed by atoms with Crippen LogP contribution in [0.2, 0.25) is 5.02 Å². The van der Waals surface area contributed by atoms with Gasteiger partial charge in [-0.2, -0.15) is 0 Å². The molecule has 4 rings (SSSR count). The molecule has 7 nitrogen and oxygen atoms in total. The van der Waals surface area contributed by atoms with Crippen molar-refractivity contribution >= 4 is 45.7 Å². The van der Waals surface area contributed by atoms with Crippen LogP contribution in [-0.4, -0.2) is 31.4 Å². The van der Waals surface area contributed by atoms with Gasteiger partial charge in [-0.15, -0.1) is 21.5 Å². The molecule has 1 N–H and O–H groups in total. The number of thioether (sulfide) groups is 1. The van der Waals surface area contributed by atoms with E-state index in [0.717, 1.165) is 11.3 Å². The predicted octanol–water partition coefficient (Wildman–Crippen LogP) is 5.35. The van der Waals surface area contributed by atoms with Crippen molar-refractivity contribution in [3.05, 3.63) is 70.1 Å². The van der Waals surface area contributed by atoms with Crippen molar-refractivity contribution in [3.8, 4) is 17.0 Å². The minimum atomic E-state index is -0.510. The summed E-state index contributed by atoms with van der Waals surface area (Å²) in [5, 5.41) is 14.0. The van der Waals surface area contributed by atoms with Gasteiger partial charge in [-0.3, -0.25) is 4.79 Å². The summed E-state index contributed by atoms with van der Waals surface area (Å²) in [6, 6.07) is 12.2. The Labute approximate surface area is 203 Å². The summed E-state index contributed by atoms with van der Waals surface area (Å²) in [5.74, 6) is 0.433. The van der Waals surface area contributed by atoms with E-state index in [4.69, 9.17) is 16.3 Å². The molecule has 0 saturated heterocycles. The van der Waals surface area contributed by atoms with Crippen molar-refractivity contribution in [2.45, 2.75) is 18.7 Å². The molecule has 0 fully saturated rings. The topological polar surface area (TPSA) is 81.9 Å². The molecular weight excluding hydrogens is 485 g/mol. The van der Waals surface area contributed by atoms with Crippen LogP contribution in [0.15, 0.2) is 53.0 Å². The zero-order valence-electron chi connectivity index (χ0n) is 17.7. The van der Waals surface area contributed by atoms with Crippen LogP contribution < -0.4 is 10.1 Å². The lowest BCUT2D eigenvalue weighted by Crippen LogP contribution is -2.14. The Morgan fingerprint density at radius 1 is 1.24 bits per heavy atom. The van der Waals surface area contributed by atoms with Crippen molar-refractivity contribution in [1.82, 2.24) is 19.7 Å². The first-order valence-electron chi connectivity index (χ1n) is 9.80. The lowest BCUT2D eigenvalue weighted by molar-refractivity contribution is -0.113. The Morgan fingerprint density at radius 2 is 2.03 bits per heavy atom. The highest BCUT2D eigenvalue weighted by Gasteiger charge is 2.14. The van der Waals surface area contributed by atoms with Crippen LogP contribution in [0.25, 0.3) is 11.3 Å². The lowest BCUT2D eigenvalue weighted by atomic mass is 10.1. The average molecular weight is 504 g/mol. The van der Waals surface area contributed by atoms with Crippen molar-refractivity contribution in [3.63, 3.8) is 0 Å².